The maximum atomic E-state index is 10.7. The van der Waals surface area contributed by atoms with Crippen LogP contribution in [0.4, 0.5) is 11.4 Å². The van der Waals surface area contributed by atoms with Crippen LogP contribution in [0.15, 0.2) is 71.2 Å². The first-order chi connectivity index (χ1) is 13.5. The molecular formula is C21H19BrN2O4. The largest absolute Gasteiger partial charge is 0.497 e. The van der Waals surface area contributed by atoms with Crippen molar-refractivity contribution in [3.8, 4) is 11.5 Å². The Hall–Kier alpha value is -3.06. The number of nitrogens with one attached hydrogen (secondary N) is 1. The van der Waals surface area contributed by atoms with Crippen LogP contribution in [0, 0.1) is 10.1 Å². The zero-order valence-corrected chi connectivity index (χ0v) is 16.8. The molecule has 0 aliphatic carbocycles. The summed E-state index contributed by atoms with van der Waals surface area (Å²) in [6.07, 6.45) is 0. The minimum atomic E-state index is -0.414. The number of nitro groups is 1. The van der Waals surface area contributed by atoms with Crippen LogP contribution in [-0.4, -0.2) is 12.0 Å². The molecule has 0 spiro atoms. The molecule has 0 aliphatic rings. The lowest BCUT2D eigenvalue weighted by Gasteiger charge is -2.14. The molecule has 0 heterocycles. The highest BCUT2D eigenvalue weighted by molar-refractivity contribution is 9.10. The molecule has 1 N–H and O–H groups in total. The second kappa shape index (κ2) is 9.23. The van der Waals surface area contributed by atoms with Gasteiger partial charge in [0.05, 0.1) is 12.0 Å². The van der Waals surface area contributed by atoms with Gasteiger partial charge in [0.2, 0.25) is 0 Å². The molecule has 0 atom stereocenters. The number of nitrogens with zero attached hydrogens (tertiary/aromatic N) is 1. The van der Waals surface area contributed by atoms with Gasteiger partial charge in [-0.2, -0.15) is 0 Å². The van der Waals surface area contributed by atoms with Crippen molar-refractivity contribution < 1.29 is 14.4 Å². The van der Waals surface area contributed by atoms with Crippen molar-refractivity contribution >= 4 is 27.3 Å². The highest BCUT2D eigenvalue weighted by Crippen LogP contribution is 2.26. The summed E-state index contributed by atoms with van der Waals surface area (Å²) in [6.45, 7) is 0.913. The van der Waals surface area contributed by atoms with Crippen LogP contribution in [0.1, 0.15) is 11.1 Å². The number of nitro benzene ring substituents is 1. The molecule has 0 unspecified atom stereocenters. The third-order valence-electron chi connectivity index (χ3n) is 4.14. The van der Waals surface area contributed by atoms with E-state index in [2.05, 4.69) is 21.2 Å². The lowest BCUT2D eigenvalue weighted by molar-refractivity contribution is -0.384. The predicted molar refractivity (Wildman–Crippen MR) is 112 cm³/mol. The molecule has 0 bridgehead atoms. The number of benzene rings is 3. The number of methoxy groups -OCH3 is 1. The lowest BCUT2D eigenvalue weighted by Crippen LogP contribution is -2.04. The fourth-order valence-corrected chi connectivity index (χ4v) is 3.02. The number of non-ortho nitro benzene ring substituents is 1. The standard InChI is InChI=1S/C21H19BrN2O4/c1-27-20-9-5-18(6-10-20)23-13-16-12-17(22)4-11-21(16)28-14-15-2-7-19(8-3-15)24(25)26/h2-12,23H,13-14H2,1H3. The van der Waals surface area contributed by atoms with Gasteiger partial charge in [0.1, 0.15) is 18.1 Å². The summed E-state index contributed by atoms with van der Waals surface area (Å²) in [4.78, 5) is 10.3. The fourth-order valence-electron chi connectivity index (χ4n) is 2.61. The van der Waals surface area contributed by atoms with E-state index < -0.39 is 4.92 Å². The Labute approximate surface area is 171 Å². The van der Waals surface area contributed by atoms with Gasteiger partial charge in [0, 0.05) is 34.4 Å². The number of anilines is 1. The molecule has 0 amide bonds. The van der Waals surface area contributed by atoms with Gasteiger partial charge in [-0.05, 0) is 60.2 Å². The first-order valence-corrected chi connectivity index (χ1v) is 9.37. The average molecular weight is 443 g/mol. The van der Waals surface area contributed by atoms with Crippen molar-refractivity contribution in [1.29, 1.82) is 0 Å². The smallest absolute Gasteiger partial charge is 0.269 e. The Balaban J connectivity index is 1.66. The Bertz CT molecular complexity index is 944. The van der Waals surface area contributed by atoms with Crippen molar-refractivity contribution in [2.24, 2.45) is 0 Å². The molecule has 3 aromatic carbocycles. The summed E-state index contributed by atoms with van der Waals surface area (Å²) < 4.78 is 12.1. The molecule has 3 rings (SSSR count). The summed E-state index contributed by atoms with van der Waals surface area (Å²) in [5, 5.41) is 14.1. The number of halogens is 1. The van der Waals surface area contributed by atoms with Crippen molar-refractivity contribution in [2.45, 2.75) is 13.2 Å². The molecular weight excluding hydrogens is 424 g/mol. The van der Waals surface area contributed by atoms with E-state index >= 15 is 0 Å². The molecule has 0 fully saturated rings. The van der Waals surface area contributed by atoms with Crippen LogP contribution in [0.5, 0.6) is 11.5 Å². The van der Waals surface area contributed by atoms with E-state index in [0.717, 1.165) is 32.8 Å². The first kappa shape index (κ1) is 19.7. The van der Waals surface area contributed by atoms with E-state index in [1.54, 1.807) is 19.2 Å². The van der Waals surface area contributed by atoms with Gasteiger partial charge in [-0.3, -0.25) is 10.1 Å². The molecule has 0 saturated heterocycles. The second-order valence-corrected chi connectivity index (χ2v) is 6.96. The Morgan fingerprint density at radius 1 is 1.04 bits per heavy atom. The number of rotatable bonds is 8. The van der Waals surface area contributed by atoms with E-state index in [4.69, 9.17) is 9.47 Å². The fraction of sp³-hybridized carbons (Fsp3) is 0.143. The van der Waals surface area contributed by atoms with Gasteiger partial charge in [0.25, 0.3) is 5.69 Å². The SMILES string of the molecule is COc1ccc(NCc2cc(Br)ccc2OCc2ccc([N+](=O)[O-])cc2)cc1. The molecule has 28 heavy (non-hydrogen) atoms. The van der Waals surface area contributed by atoms with Crippen molar-refractivity contribution in [3.63, 3.8) is 0 Å². The average Bonchev–Trinajstić information content (AvgIpc) is 2.72. The third-order valence-corrected chi connectivity index (χ3v) is 4.63. The third kappa shape index (κ3) is 5.23. The molecule has 3 aromatic rings. The molecule has 144 valence electrons. The number of ether oxygens (including phenoxy) is 2. The van der Waals surface area contributed by atoms with Crippen LogP contribution >= 0.6 is 15.9 Å². The molecule has 0 radical (unpaired) electrons. The maximum absolute atomic E-state index is 10.7. The van der Waals surface area contributed by atoms with Gasteiger partial charge in [-0.15, -0.1) is 0 Å². The molecule has 6 nitrogen and oxygen atoms in total. The summed E-state index contributed by atoms with van der Waals surface area (Å²) in [5.74, 6) is 1.56. The Morgan fingerprint density at radius 2 is 1.75 bits per heavy atom. The van der Waals surface area contributed by atoms with E-state index in [1.165, 1.54) is 12.1 Å². The van der Waals surface area contributed by atoms with Gasteiger partial charge < -0.3 is 14.8 Å². The Morgan fingerprint density at radius 3 is 2.39 bits per heavy atom. The topological polar surface area (TPSA) is 73.6 Å². The van der Waals surface area contributed by atoms with Crippen LogP contribution in [0.25, 0.3) is 0 Å². The highest BCUT2D eigenvalue weighted by Gasteiger charge is 2.08. The summed E-state index contributed by atoms with van der Waals surface area (Å²) >= 11 is 3.50. The molecule has 0 aromatic heterocycles. The monoisotopic (exact) mass is 442 g/mol. The van der Waals surface area contributed by atoms with Crippen molar-refractivity contribution in [3.05, 3.63) is 92.4 Å². The van der Waals surface area contributed by atoms with E-state index in [9.17, 15) is 10.1 Å². The zero-order valence-electron chi connectivity index (χ0n) is 15.2. The van der Waals surface area contributed by atoms with Crippen LogP contribution in [0.3, 0.4) is 0 Å². The van der Waals surface area contributed by atoms with Gasteiger partial charge in [0.15, 0.2) is 0 Å². The molecule has 7 heteroatoms. The van der Waals surface area contributed by atoms with Crippen molar-refractivity contribution in [1.82, 2.24) is 0 Å². The first-order valence-electron chi connectivity index (χ1n) is 8.57. The van der Waals surface area contributed by atoms with E-state index in [1.807, 2.05) is 42.5 Å². The van der Waals surface area contributed by atoms with Crippen LogP contribution in [0.2, 0.25) is 0 Å². The number of hydrogen-bond donors (Lipinski definition) is 1. The lowest BCUT2D eigenvalue weighted by atomic mass is 10.2. The quantitative estimate of drug-likeness (QED) is 0.365. The van der Waals surface area contributed by atoms with Gasteiger partial charge in [-0.25, -0.2) is 0 Å². The second-order valence-electron chi connectivity index (χ2n) is 6.05. The zero-order chi connectivity index (χ0) is 19.9. The van der Waals surface area contributed by atoms with E-state index in [-0.39, 0.29) is 5.69 Å². The minimum absolute atomic E-state index is 0.0665. The summed E-state index contributed by atoms with van der Waals surface area (Å²) in [5.41, 5.74) is 2.90. The van der Waals surface area contributed by atoms with Crippen molar-refractivity contribution in [2.75, 3.05) is 12.4 Å². The van der Waals surface area contributed by atoms with Gasteiger partial charge >= 0.3 is 0 Å². The normalized spacial score (nSPS) is 10.4. The Kier molecular flexibility index (Phi) is 6.49. The summed E-state index contributed by atoms with van der Waals surface area (Å²) in [7, 11) is 1.64. The number of hydrogen-bond acceptors (Lipinski definition) is 5. The summed E-state index contributed by atoms with van der Waals surface area (Å²) in [6, 6.07) is 19.9. The van der Waals surface area contributed by atoms with Gasteiger partial charge in [-0.1, -0.05) is 15.9 Å². The highest BCUT2D eigenvalue weighted by atomic mass is 79.9. The van der Waals surface area contributed by atoms with E-state index in [0.29, 0.717) is 13.2 Å². The minimum Gasteiger partial charge on any atom is -0.497 e. The molecule has 0 aliphatic heterocycles. The predicted octanol–water partition coefficient (Wildman–Crippen LogP) is 5.56. The van der Waals surface area contributed by atoms with Crippen LogP contribution < -0.4 is 14.8 Å². The van der Waals surface area contributed by atoms with Crippen LogP contribution in [-0.2, 0) is 13.2 Å². The maximum Gasteiger partial charge on any atom is 0.269 e. The molecule has 0 saturated carbocycles.